The van der Waals surface area contributed by atoms with Crippen molar-refractivity contribution in [2.45, 2.75) is 19.4 Å². The Bertz CT molecular complexity index is 1330. The molecule has 0 fully saturated rings. The molecule has 1 amide bonds. The van der Waals surface area contributed by atoms with Gasteiger partial charge in [-0.15, -0.1) is 0 Å². The molecule has 0 bridgehead atoms. The van der Waals surface area contributed by atoms with Crippen LogP contribution in [0.15, 0.2) is 58.4 Å². The molecular weight excluding hydrogens is 468 g/mol. The minimum Gasteiger partial charge on any atom is -0.494 e. The van der Waals surface area contributed by atoms with Crippen LogP contribution in [0.25, 0.3) is 0 Å². The van der Waals surface area contributed by atoms with Crippen molar-refractivity contribution in [1.29, 1.82) is 0 Å². The van der Waals surface area contributed by atoms with Gasteiger partial charge < -0.3 is 14.8 Å². The monoisotopic (exact) mass is 486 g/mol. The third kappa shape index (κ3) is 5.93. The molecule has 0 aliphatic carbocycles. The molecule has 3 rings (SSSR count). The Labute approximate surface area is 198 Å². The first-order chi connectivity index (χ1) is 15.6. The number of hydrazone groups is 1. The van der Waals surface area contributed by atoms with Gasteiger partial charge in [0, 0.05) is 16.1 Å². The molecule has 0 saturated carbocycles. The zero-order chi connectivity index (χ0) is 24.2. The number of aromatic nitrogens is 2. The molecule has 2 aromatic carbocycles. The van der Waals surface area contributed by atoms with Gasteiger partial charge in [0.2, 0.25) is 5.88 Å². The first-order valence-corrected chi connectivity index (χ1v) is 10.3. The van der Waals surface area contributed by atoms with Crippen LogP contribution >= 0.6 is 23.8 Å². The molecule has 3 aromatic rings. The summed E-state index contributed by atoms with van der Waals surface area (Å²) >= 11 is 10.6. The van der Waals surface area contributed by atoms with Gasteiger partial charge in [0.25, 0.3) is 11.5 Å². The minimum atomic E-state index is -1.34. The topological polar surface area (TPSA) is 137 Å². The van der Waals surface area contributed by atoms with Gasteiger partial charge in [-0.05, 0) is 74.6 Å². The van der Waals surface area contributed by atoms with Crippen LogP contribution in [0.4, 0.5) is 0 Å². The smallest absolute Gasteiger partial charge is 0.283 e. The standard InChI is InChI=1S/C22H19ClN4O5S/c1-22(2,20(31)27-24-11-16-18(29)25-21(33)26-19(16)30)32-15-9-5-13(6-10-15)17(28)12-3-7-14(23)8-4-12/h3-11H,1-2H3,(H,27,31)(H3,25,26,29,30,33). The van der Waals surface area contributed by atoms with E-state index in [-0.39, 0.29) is 16.1 Å². The SMILES string of the molecule is CC(C)(Oc1ccc(C(=O)c2ccc(Cl)cc2)cc1)C(=O)NN=Cc1c(O)[nH]c(=S)[nH]c1=O. The molecule has 0 aliphatic heterocycles. The van der Waals surface area contributed by atoms with Crippen LogP contribution in [0.1, 0.15) is 35.3 Å². The predicted molar refractivity (Wildman–Crippen MR) is 126 cm³/mol. The highest BCUT2D eigenvalue weighted by Crippen LogP contribution is 2.21. The lowest BCUT2D eigenvalue weighted by atomic mass is 10.0. The van der Waals surface area contributed by atoms with E-state index in [1.54, 1.807) is 48.5 Å². The molecule has 11 heteroatoms. The summed E-state index contributed by atoms with van der Waals surface area (Å²) in [6, 6.07) is 12.9. The van der Waals surface area contributed by atoms with E-state index in [0.717, 1.165) is 6.21 Å². The Hall–Kier alpha value is -3.76. The van der Waals surface area contributed by atoms with E-state index in [1.807, 2.05) is 0 Å². The molecule has 0 radical (unpaired) electrons. The fourth-order valence-electron chi connectivity index (χ4n) is 2.68. The molecule has 33 heavy (non-hydrogen) atoms. The number of nitrogens with one attached hydrogen (secondary N) is 3. The van der Waals surface area contributed by atoms with Gasteiger partial charge >= 0.3 is 0 Å². The number of carbonyl (C=O) groups excluding carboxylic acids is 2. The first-order valence-electron chi connectivity index (χ1n) is 9.55. The van der Waals surface area contributed by atoms with E-state index in [0.29, 0.717) is 21.9 Å². The summed E-state index contributed by atoms with van der Waals surface area (Å²) in [5.41, 5.74) is 0.980. The maximum absolute atomic E-state index is 12.5. The predicted octanol–water partition coefficient (Wildman–Crippen LogP) is 3.33. The van der Waals surface area contributed by atoms with E-state index < -0.39 is 22.9 Å². The molecule has 1 aromatic heterocycles. The van der Waals surface area contributed by atoms with Crippen molar-refractivity contribution in [1.82, 2.24) is 15.4 Å². The number of aromatic amines is 2. The number of halogens is 1. The number of ether oxygens (including phenoxy) is 1. The highest BCUT2D eigenvalue weighted by atomic mass is 35.5. The minimum absolute atomic E-state index is 0.0471. The Morgan fingerprint density at radius 1 is 1.09 bits per heavy atom. The number of benzene rings is 2. The van der Waals surface area contributed by atoms with Gasteiger partial charge in [0.1, 0.15) is 11.3 Å². The van der Waals surface area contributed by atoms with Crippen LogP contribution in [0, 0.1) is 4.77 Å². The molecule has 0 unspecified atom stereocenters. The summed E-state index contributed by atoms with van der Waals surface area (Å²) in [5.74, 6) is -0.911. The number of hydrogen-bond acceptors (Lipinski definition) is 7. The summed E-state index contributed by atoms with van der Waals surface area (Å²) in [4.78, 5) is 41.5. The number of H-pyrrole nitrogens is 2. The lowest BCUT2D eigenvalue weighted by molar-refractivity contribution is -0.134. The van der Waals surface area contributed by atoms with E-state index >= 15 is 0 Å². The maximum Gasteiger partial charge on any atom is 0.283 e. The van der Waals surface area contributed by atoms with Crippen molar-refractivity contribution in [2.24, 2.45) is 5.10 Å². The lowest BCUT2D eigenvalue weighted by Gasteiger charge is -2.24. The highest BCUT2D eigenvalue weighted by Gasteiger charge is 2.30. The lowest BCUT2D eigenvalue weighted by Crippen LogP contribution is -2.44. The molecule has 0 aliphatic rings. The Kier molecular flexibility index (Phi) is 7.10. The Balaban J connectivity index is 1.65. The van der Waals surface area contributed by atoms with Crippen molar-refractivity contribution < 1.29 is 19.4 Å². The number of amides is 1. The summed E-state index contributed by atoms with van der Waals surface area (Å²) in [6.07, 6.45) is 0.977. The summed E-state index contributed by atoms with van der Waals surface area (Å²) in [7, 11) is 0. The third-order valence-electron chi connectivity index (χ3n) is 4.46. The average Bonchev–Trinajstić information content (AvgIpc) is 2.75. The summed E-state index contributed by atoms with van der Waals surface area (Å²) < 4.78 is 5.69. The molecular formula is C22H19ClN4O5S. The van der Waals surface area contributed by atoms with Crippen LogP contribution in [0.3, 0.4) is 0 Å². The number of aromatic hydroxyl groups is 1. The van der Waals surface area contributed by atoms with E-state index in [2.05, 4.69) is 20.5 Å². The molecule has 170 valence electrons. The van der Waals surface area contributed by atoms with Crippen LogP contribution in [0.5, 0.6) is 11.6 Å². The molecule has 4 N–H and O–H groups in total. The van der Waals surface area contributed by atoms with E-state index in [9.17, 15) is 19.5 Å². The second-order valence-corrected chi connectivity index (χ2v) is 8.19. The van der Waals surface area contributed by atoms with Crippen LogP contribution in [-0.4, -0.2) is 38.6 Å². The largest absolute Gasteiger partial charge is 0.494 e. The number of ketones is 1. The fraction of sp³-hybridized carbons (Fsp3) is 0.136. The van der Waals surface area contributed by atoms with Crippen LogP contribution in [-0.2, 0) is 4.79 Å². The summed E-state index contributed by atoms with van der Waals surface area (Å²) in [6.45, 7) is 3.04. The van der Waals surface area contributed by atoms with Crippen molar-refractivity contribution in [3.05, 3.63) is 85.4 Å². The van der Waals surface area contributed by atoms with Gasteiger partial charge in [-0.3, -0.25) is 19.4 Å². The zero-order valence-corrected chi connectivity index (χ0v) is 19.1. The van der Waals surface area contributed by atoms with E-state index in [4.69, 9.17) is 28.6 Å². The second-order valence-electron chi connectivity index (χ2n) is 7.34. The number of carbonyl (C=O) groups is 2. The second kappa shape index (κ2) is 9.80. The van der Waals surface area contributed by atoms with Gasteiger partial charge in [-0.25, -0.2) is 5.43 Å². The van der Waals surface area contributed by atoms with Crippen molar-refractivity contribution in [3.63, 3.8) is 0 Å². The molecule has 0 spiro atoms. The fourth-order valence-corrected chi connectivity index (χ4v) is 2.99. The van der Waals surface area contributed by atoms with Crippen LogP contribution in [0.2, 0.25) is 5.02 Å². The molecule has 9 nitrogen and oxygen atoms in total. The Morgan fingerprint density at radius 2 is 1.67 bits per heavy atom. The number of hydrogen-bond donors (Lipinski definition) is 4. The maximum atomic E-state index is 12.5. The first kappa shape index (κ1) is 23.9. The van der Waals surface area contributed by atoms with Gasteiger partial charge in [0.05, 0.1) is 6.21 Å². The van der Waals surface area contributed by atoms with E-state index in [1.165, 1.54) is 13.8 Å². The quantitative estimate of drug-likeness (QED) is 0.175. The third-order valence-corrected chi connectivity index (χ3v) is 4.92. The Morgan fingerprint density at radius 3 is 2.24 bits per heavy atom. The van der Waals surface area contributed by atoms with Gasteiger partial charge in [0.15, 0.2) is 16.2 Å². The van der Waals surface area contributed by atoms with Crippen molar-refractivity contribution in [3.8, 4) is 11.6 Å². The van der Waals surface area contributed by atoms with Crippen molar-refractivity contribution >= 4 is 41.7 Å². The molecule has 0 atom stereocenters. The summed E-state index contributed by atoms with van der Waals surface area (Å²) in [5, 5.41) is 14.0. The molecule has 0 saturated heterocycles. The molecule has 1 heterocycles. The van der Waals surface area contributed by atoms with Crippen molar-refractivity contribution in [2.75, 3.05) is 0 Å². The average molecular weight is 487 g/mol. The van der Waals surface area contributed by atoms with Gasteiger partial charge in [-0.1, -0.05) is 11.6 Å². The highest BCUT2D eigenvalue weighted by molar-refractivity contribution is 7.71. The number of nitrogens with zero attached hydrogens (tertiary/aromatic N) is 1. The zero-order valence-electron chi connectivity index (χ0n) is 17.5. The van der Waals surface area contributed by atoms with Gasteiger partial charge in [-0.2, -0.15) is 5.10 Å². The normalized spacial score (nSPS) is 11.4. The number of rotatable bonds is 7. The van der Waals surface area contributed by atoms with Crippen LogP contribution < -0.4 is 15.7 Å².